The van der Waals surface area contributed by atoms with Crippen LogP contribution >= 0.6 is 11.3 Å². The van der Waals surface area contributed by atoms with Gasteiger partial charge >= 0.3 is 0 Å². The second kappa shape index (κ2) is 9.53. The van der Waals surface area contributed by atoms with Gasteiger partial charge in [0, 0.05) is 37.4 Å². The van der Waals surface area contributed by atoms with E-state index < -0.39 is 10.0 Å². The van der Waals surface area contributed by atoms with Crippen molar-refractivity contribution in [2.75, 3.05) is 49.6 Å². The molecule has 1 N–H and O–H groups in total. The van der Waals surface area contributed by atoms with E-state index >= 15 is 0 Å². The van der Waals surface area contributed by atoms with E-state index in [0.29, 0.717) is 32.0 Å². The maximum atomic E-state index is 12.8. The van der Waals surface area contributed by atoms with E-state index in [4.69, 9.17) is 9.72 Å². The number of hydrogen-bond donors (Lipinski definition) is 1. The quantitative estimate of drug-likeness (QED) is 0.564. The average Bonchev–Trinajstić information content (AvgIpc) is 3.24. The van der Waals surface area contributed by atoms with Crippen LogP contribution in [0.3, 0.4) is 0 Å². The summed E-state index contributed by atoms with van der Waals surface area (Å²) in [6, 6.07) is 11.7. The number of carbonyl (C=O) groups is 1. The first kappa shape index (κ1) is 22.7. The molecule has 2 heterocycles. The van der Waals surface area contributed by atoms with E-state index in [1.165, 1.54) is 16.4 Å². The summed E-state index contributed by atoms with van der Waals surface area (Å²) in [5, 5.41) is 3.82. The maximum Gasteiger partial charge on any atom is 0.255 e. The monoisotopic (exact) mass is 474 g/mol. The highest BCUT2D eigenvalue weighted by molar-refractivity contribution is 7.89. The van der Waals surface area contributed by atoms with Gasteiger partial charge in [-0.2, -0.15) is 4.31 Å². The molecule has 4 rings (SSSR count). The molecule has 1 aliphatic heterocycles. The number of anilines is 2. The van der Waals surface area contributed by atoms with Gasteiger partial charge in [0.2, 0.25) is 10.0 Å². The van der Waals surface area contributed by atoms with Crippen LogP contribution in [0, 0.1) is 0 Å². The zero-order chi connectivity index (χ0) is 22.7. The number of carbonyl (C=O) groups excluding carboxylic acids is 1. The largest absolute Gasteiger partial charge is 0.378 e. The molecule has 8 nitrogen and oxygen atoms in total. The third-order valence-corrected chi connectivity index (χ3v) is 8.48. The van der Waals surface area contributed by atoms with Crippen LogP contribution in [0.1, 0.15) is 24.2 Å². The van der Waals surface area contributed by atoms with Crippen LogP contribution in [0.25, 0.3) is 10.2 Å². The Bertz CT molecular complexity index is 1220. The van der Waals surface area contributed by atoms with E-state index in [1.54, 1.807) is 43.4 Å². The summed E-state index contributed by atoms with van der Waals surface area (Å²) in [6.07, 6.45) is 0. The van der Waals surface area contributed by atoms with E-state index in [-0.39, 0.29) is 16.4 Å². The first-order valence-electron chi connectivity index (χ1n) is 10.6. The van der Waals surface area contributed by atoms with Gasteiger partial charge < -0.3 is 15.0 Å². The molecule has 0 saturated carbocycles. The smallest absolute Gasteiger partial charge is 0.255 e. The third kappa shape index (κ3) is 4.63. The molecule has 1 saturated heterocycles. The Morgan fingerprint density at radius 1 is 1.16 bits per heavy atom. The molecule has 2 aromatic carbocycles. The minimum absolute atomic E-state index is 0.113. The Kier molecular flexibility index (Phi) is 6.75. The molecule has 0 spiro atoms. The molecule has 10 heteroatoms. The van der Waals surface area contributed by atoms with Crippen LogP contribution in [-0.2, 0) is 14.8 Å². The van der Waals surface area contributed by atoms with Crippen LogP contribution in [0.4, 0.5) is 10.8 Å². The van der Waals surface area contributed by atoms with Crippen molar-refractivity contribution in [1.82, 2.24) is 9.29 Å². The first-order chi connectivity index (χ1) is 15.4. The van der Waals surface area contributed by atoms with Gasteiger partial charge in [0.05, 0.1) is 28.3 Å². The molecule has 0 aliphatic carbocycles. The highest BCUT2D eigenvalue weighted by Crippen LogP contribution is 2.31. The SMILES string of the molecule is CCN(CC)S(=O)(=O)c1cccc(C(=O)Nc2ccc3nc(N4CCOCC4)sc3c2)c1. The zero-order valence-electron chi connectivity index (χ0n) is 18.1. The number of benzene rings is 2. The number of sulfonamides is 1. The molecule has 0 bridgehead atoms. The summed E-state index contributed by atoms with van der Waals surface area (Å²) in [6.45, 7) is 7.34. The van der Waals surface area contributed by atoms with Crippen LogP contribution in [-0.4, -0.2) is 63.0 Å². The van der Waals surface area contributed by atoms with Crippen LogP contribution in [0.2, 0.25) is 0 Å². The van der Waals surface area contributed by atoms with Gasteiger partial charge in [-0.25, -0.2) is 13.4 Å². The van der Waals surface area contributed by atoms with Crippen molar-refractivity contribution in [1.29, 1.82) is 0 Å². The maximum absolute atomic E-state index is 12.8. The lowest BCUT2D eigenvalue weighted by molar-refractivity contribution is 0.102. The van der Waals surface area contributed by atoms with E-state index in [2.05, 4.69) is 10.2 Å². The fourth-order valence-corrected chi connectivity index (χ4v) is 6.15. The van der Waals surface area contributed by atoms with Gasteiger partial charge in [-0.15, -0.1) is 0 Å². The molecule has 1 aliphatic rings. The lowest BCUT2D eigenvalue weighted by Gasteiger charge is -2.25. The lowest BCUT2D eigenvalue weighted by atomic mass is 10.2. The molecule has 0 unspecified atom stereocenters. The number of fused-ring (bicyclic) bond motifs is 1. The summed E-state index contributed by atoms with van der Waals surface area (Å²) < 4.78 is 33.3. The predicted octanol–water partition coefficient (Wildman–Crippen LogP) is 3.42. The average molecular weight is 475 g/mol. The van der Waals surface area contributed by atoms with Crippen LogP contribution in [0.15, 0.2) is 47.4 Å². The molecule has 170 valence electrons. The highest BCUT2D eigenvalue weighted by Gasteiger charge is 2.22. The van der Waals surface area contributed by atoms with Gasteiger partial charge in [0.15, 0.2) is 5.13 Å². The normalized spacial score (nSPS) is 14.8. The van der Waals surface area contributed by atoms with E-state index in [9.17, 15) is 13.2 Å². The van der Waals surface area contributed by atoms with Crippen molar-refractivity contribution in [2.24, 2.45) is 0 Å². The molecular formula is C22H26N4O4S2. The summed E-state index contributed by atoms with van der Waals surface area (Å²) >= 11 is 1.58. The molecule has 1 aromatic heterocycles. The van der Waals surface area contributed by atoms with Crippen LogP contribution < -0.4 is 10.2 Å². The van der Waals surface area contributed by atoms with E-state index in [1.807, 2.05) is 12.1 Å². The molecule has 32 heavy (non-hydrogen) atoms. The fourth-order valence-electron chi connectivity index (χ4n) is 3.59. The summed E-state index contributed by atoms with van der Waals surface area (Å²) in [4.78, 5) is 19.8. The van der Waals surface area contributed by atoms with Gasteiger partial charge in [-0.1, -0.05) is 31.3 Å². The number of nitrogens with zero attached hydrogens (tertiary/aromatic N) is 3. The lowest BCUT2D eigenvalue weighted by Crippen LogP contribution is -2.36. The number of rotatable bonds is 7. The molecule has 1 amide bonds. The van der Waals surface area contributed by atoms with Crippen molar-refractivity contribution in [3.8, 4) is 0 Å². The molecule has 0 atom stereocenters. The van der Waals surface area contributed by atoms with Crippen molar-refractivity contribution in [3.05, 3.63) is 48.0 Å². The fraction of sp³-hybridized carbons (Fsp3) is 0.364. The Labute approximate surface area is 191 Å². The molecule has 1 fully saturated rings. The Morgan fingerprint density at radius 2 is 1.91 bits per heavy atom. The summed E-state index contributed by atoms with van der Waals surface area (Å²) in [5.74, 6) is -0.362. The topological polar surface area (TPSA) is 91.8 Å². The third-order valence-electron chi connectivity index (χ3n) is 5.36. The molecular weight excluding hydrogens is 448 g/mol. The number of nitrogens with one attached hydrogen (secondary N) is 1. The summed E-state index contributed by atoms with van der Waals surface area (Å²) in [5.41, 5.74) is 1.80. The standard InChI is InChI=1S/C22H26N4O4S2/c1-3-26(4-2)32(28,29)18-7-5-6-16(14-18)21(27)23-17-8-9-19-20(15-17)31-22(24-19)25-10-12-30-13-11-25/h5-9,14-15H,3-4,10-13H2,1-2H3,(H,23,27). The number of amides is 1. The van der Waals surface area contributed by atoms with Crippen molar-refractivity contribution < 1.29 is 17.9 Å². The Hall–Kier alpha value is -2.53. The predicted molar refractivity (Wildman–Crippen MR) is 127 cm³/mol. The first-order valence-corrected chi connectivity index (χ1v) is 12.8. The number of morpholine rings is 1. The van der Waals surface area contributed by atoms with Gasteiger partial charge in [0.1, 0.15) is 0 Å². The Morgan fingerprint density at radius 3 is 2.62 bits per heavy atom. The van der Waals surface area contributed by atoms with Gasteiger partial charge in [-0.3, -0.25) is 4.79 Å². The minimum atomic E-state index is -3.63. The highest BCUT2D eigenvalue weighted by atomic mass is 32.2. The van der Waals surface area contributed by atoms with Crippen molar-refractivity contribution in [2.45, 2.75) is 18.7 Å². The van der Waals surface area contributed by atoms with Crippen LogP contribution in [0.5, 0.6) is 0 Å². The number of aromatic nitrogens is 1. The summed E-state index contributed by atoms with van der Waals surface area (Å²) in [7, 11) is -3.63. The zero-order valence-corrected chi connectivity index (χ0v) is 19.7. The molecule has 3 aromatic rings. The number of thiazole rings is 1. The number of hydrogen-bond acceptors (Lipinski definition) is 7. The van der Waals surface area contributed by atoms with Crippen molar-refractivity contribution in [3.63, 3.8) is 0 Å². The Balaban J connectivity index is 1.53. The number of ether oxygens (including phenoxy) is 1. The minimum Gasteiger partial charge on any atom is -0.378 e. The van der Waals surface area contributed by atoms with Gasteiger partial charge in [-0.05, 0) is 36.4 Å². The van der Waals surface area contributed by atoms with E-state index in [0.717, 1.165) is 28.4 Å². The van der Waals surface area contributed by atoms with Crippen molar-refractivity contribution >= 4 is 48.3 Å². The van der Waals surface area contributed by atoms with Gasteiger partial charge in [0.25, 0.3) is 5.91 Å². The second-order valence-electron chi connectivity index (χ2n) is 7.35. The molecule has 0 radical (unpaired) electrons. The second-order valence-corrected chi connectivity index (χ2v) is 10.3.